The topological polar surface area (TPSA) is 49.3 Å². The Kier molecular flexibility index (Phi) is 3.87. The van der Waals surface area contributed by atoms with Gasteiger partial charge in [-0.25, -0.2) is 4.98 Å². The minimum atomic E-state index is 0.0212. The Labute approximate surface area is 140 Å². The van der Waals surface area contributed by atoms with Crippen molar-refractivity contribution in [2.24, 2.45) is 11.8 Å². The van der Waals surface area contributed by atoms with Crippen LogP contribution in [0.4, 0.5) is 0 Å². The highest BCUT2D eigenvalue weighted by Gasteiger charge is 2.41. The van der Waals surface area contributed by atoms with Crippen molar-refractivity contribution >= 4 is 17.2 Å². The lowest BCUT2D eigenvalue weighted by molar-refractivity contribution is 0.0767. The molecule has 1 amide bonds. The van der Waals surface area contributed by atoms with Gasteiger partial charge in [0.1, 0.15) is 5.69 Å². The van der Waals surface area contributed by atoms with Crippen LogP contribution >= 0.6 is 11.3 Å². The average molecular weight is 328 g/mol. The van der Waals surface area contributed by atoms with E-state index in [1.807, 2.05) is 16.2 Å². The van der Waals surface area contributed by atoms with E-state index >= 15 is 0 Å². The maximum atomic E-state index is 12.5. The van der Waals surface area contributed by atoms with E-state index in [1.165, 1.54) is 9.75 Å². The molecule has 2 aliphatic rings. The molecule has 6 heteroatoms. The minimum absolute atomic E-state index is 0.0212. The van der Waals surface area contributed by atoms with Crippen LogP contribution < -0.4 is 0 Å². The molecule has 2 aromatic rings. The van der Waals surface area contributed by atoms with E-state index < -0.39 is 0 Å². The van der Waals surface area contributed by atoms with Crippen LogP contribution in [-0.2, 0) is 6.54 Å². The van der Waals surface area contributed by atoms with Crippen molar-refractivity contribution < 1.29 is 4.79 Å². The molecule has 5 nitrogen and oxygen atoms in total. The van der Waals surface area contributed by atoms with Gasteiger partial charge >= 0.3 is 0 Å². The highest BCUT2D eigenvalue weighted by molar-refractivity contribution is 7.11. The van der Waals surface area contributed by atoms with E-state index in [1.54, 1.807) is 18.6 Å². The summed E-state index contributed by atoms with van der Waals surface area (Å²) in [4.78, 5) is 27.9. The Balaban J connectivity index is 1.36. The summed E-state index contributed by atoms with van der Waals surface area (Å²) in [6, 6.07) is 4.43. The Morgan fingerprint density at radius 1 is 1.22 bits per heavy atom. The summed E-state index contributed by atoms with van der Waals surface area (Å²) in [5.74, 6) is 1.21. The van der Waals surface area contributed by atoms with Gasteiger partial charge in [-0.3, -0.25) is 14.7 Å². The van der Waals surface area contributed by atoms with Crippen molar-refractivity contribution in [1.29, 1.82) is 0 Å². The van der Waals surface area contributed by atoms with Gasteiger partial charge in [-0.05, 0) is 30.9 Å². The fourth-order valence-electron chi connectivity index (χ4n) is 3.75. The number of hydrogen-bond acceptors (Lipinski definition) is 5. The quantitative estimate of drug-likeness (QED) is 0.865. The summed E-state index contributed by atoms with van der Waals surface area (Å²) >= 11 is 1.88. The van der Waals surface area contributed by atoms with Gasteiger partial charge in [-0.15, -0.1) is 11.3 Å². The van der Waals surface area contributed by atoms with Crippen molar-refractivity contribution in [3.05, 3.63) is 46.2 Å². The molecule has 120 valence electrons. The molecular formula is C17H20N4OS. The van der Waals surface area contributed by atoms with E-state index in [4.69, 9.17) is 0 Å². The molecule has 0 radical (unpaired) electrons. The predicted octanol–water partition coefficient (Wildman–Crippen LogP) is 2.05. The van der Waals surface area contributed by atoms with Crippen LogP contribution in [0.1, 0.15) is 20.2 Å². The Bertz CT molecular complexity index is 688. The third kappa shape index (κ3) is 3.01. The number of rotatable bonds is 3. The van der Waals surface area contributed by atoms with Gasteiger partial charge in [0, 0.05) is 54.9 Å². The molecule has 0 saturated carbocycles. The molecule has 2 fully saturated rings. The Morgan fingerprint density at radius 2 is 2.00 bits per heavy atom. The molecular weight excluding hydrogens is 308 g/mol. The van der Waals surface area contributed by atoms with E-state index in [9.17, 15) is 4.79 Å². The number of thiophene rings is 1. The van der Waals surface area contributed by atoms with Gasteiger partial charge in [-0.2, -0.15) is 0 Å². The number of fused-ring (bicyclic) bond motifs is 1. The zero-order valence-electron chi connectivity index (χ0n) is 13.2. The number of aromatic nitrogens is 2. The first-order valence-corrected chi connectivity index (χ1v) is 8.83. The van der Waals surface area contributed by atoms with Gasteiger partial charge in [0.15, 0.2) is 0 Å². The van der Waals surface area contributed by atoms with Crippen molar-refractivity contribution in [3.8, 4) is 0 Å². The Hall–Kier alpha value is -1.79. The van der Waals surface area contributed by atoms with Gasteiger partial charge in [-0.1, -0.05) is 0 Å². The zero-order chi connectivity index (χ0) is 15.8. The summed E-state index contributed by atoms with van der Waals surface area (Å²) in [5, 5.41) is 0. The molecule has 23 heavy (non-hydrogen) atoms. The molecule has 0 unspecified atom stereocenters. The number of hydrogen-bond donors (Lipinski definition) is 0. The molecule has 2 aromatic heterocycles. The highest BCUT2D eigenvalue weighted by Crippen LogP contribution is 2.33. The molecule has 4 heterocycles. The number of carbonyl (C=O) groups is 1. The van der Waals surface area contributed by atoms with Crippen LogP contribution in [0.15, 0.2) is 30.7 Å². The first-order chi connectivity index (χ1) is 11.2. The average Bonchev–Trinajstić information content (AvgIpc) is 3.22. The maximum absolute atomic E-state index is 12.5. The third-order valence-corrected chi connectivity index (χ3v) is 5.79. The van der Waals surface area contributed by atoms with E-state index in [0.717, 1.165) is 32.7 Å². The van der Waals surface area contributed by atoms with E-state index in [0.29, 0.717) is 17.5 Å². The largest absolute Gasteiger partial charge is 0.337 e. The summed E-state index contributed by atoms with van der Waals surface area (Å²) in [7, 11) is 0. The van der Waals surface area contributed by atoms with Crippen molar-refractivity contribution in [1.82, 2.24) is 19.8 Å². The van der Waals surface area contributed by atoms with Gasteiger partial charge in [0.05, 0.1) is 6.20 Å². The lowest BCUT2D eigenvalue weighted by Gasteiger charge is -2.20. The van der Waals surface area contributed by atoms with Crippen LogP contribution in [-0.4, -0.2) is 51.9 Å². The predicted molar refractivity (Wildman–Crippen MR) is 89.2 cm³/mol. The molecule has 0 spiro atoms. The fraction of sp³-hybridized carbons (Fsp3) is 0.471. The maximum Gasteiger partial charge on any atom is 0.274 e. The highest BCUT2D eigenvalue weighted by atomic mass is 32.1. The lowest BCUT2D eigenvalue weighted by atomic mass is 10.0. The molecule has 2 atom stereocenters. The second-order valence-electron chi connectivity index (χ2n) is 6.53. The summed E-state index contributed by atoms with van der Waals surface area (Å²) < 4.78 is 0. The second kappa shape index (κ2) is 6.02. The Morgan fingerprint density at radius 3 is 2.61 bits per heavy atom. The second-order valence-corrected chi connectivity index (χ2v) is 7.90. The fourth-order valence-corrected chi connectivity index (χ4v) is 4.68. The molecule has 2 aliphatic heterocycles. The smallest absolute Gasteiger partial charge is 0.274 e. The lowest BCUT2D eigenvalue weighted by Crippen LogP contribution is -2.33. The van der Waals surface area contributed by atoms with Crippen LogP contribution in [0.3, 0.4) is 0 Å². The number of nitrogens with zero attached hydrogens (tertiary/aromatic N) is 4. The van der Waals surface area contributed by atoms with Crippen molar-refractivity contribution in [2.45, 2.75) is 13.5 Å². The van der Waals surface area contributed by atoms with Crippen molar-refractivity contribution in [2.75, 3.05) is 26.2 Å². The van der Waals surface area contributed by atoms with Crippen LogP contribution in [0, 0.1) is 18.8 Å². The zero-order valence-corrected chi connectivity index (χ0v) is 14.0. The van der Waals surface area contributed by atoms with Gasteiger partial charge in [0.25, 0.3) is 5.91 Å². The SMILES string of the molecule is Cc1ccc(CN2C[C@@H]3CN(C(=O)c4cnccn4)C[C@@H]3C2)s1. The number of likely N-dealkylation sites (tertiary alicyclic amines) is 2. The summed E-state index contributed by atoms with van der Waals surface area (Å²) in [6.45, 7) is 7.07. The molecule has 0 N–H and O–H groups in total. The first-order valence-electron chi connectivity index (χ1n) is 8.02. The van der Waals surface area contributed by atoms with E-state index in [-0.39, 0.29) is 5.91 Å². The molecule has 4 rings (SSSR count). The third-order valence-electron chi connectivity index (χ3n) is 4.81. The first kappa shape index (κ1) is 14.8. The van der Waals surface area contributed by atoms with Gasteiger partial charge in [0.2, 0.25) is 0 Å². The summed E-state index contributed by atoms with van der Waals surface area (Å²) in [6.07, 6.45) is 4.73. The molecule has 0 aliphatic carbocycles. The minimum Gasteiger partial charge on any atom is -0.337 e. The van der Waals surface area contributed by atoms with Crippen molar-refractivity contribution in [3.63, 3.8) is 0 Å². The van der Waals surface area contributed by atoms with Crippen LogP contribution in [0.5, 0.6) is 0 Å². The van der Waals surface area contributed by atoms with Gasteiger partial charge < -0.3 is 4.90 Å². The number of amides is 1. The summed E-state index contributed by atoms with van der Waals surface area (Å²) in [5.41, 5.74) is 0.457. The molecule has 2 saturated heterocycles. The number of carbonyl (C=O) groups excluding carboxylic acids is 1. The molecule has 0 bridgehead atoms. The van der Waals surface area contributed by atoms with Crippen LogP contribution in [0.2, 0.25) is 0 Å². The number of aryl methyl sites for hydroxylation is 1. The standard InChI is InChI=1S/C17H20N4OS/c1-12-2-3-15(23-12)11-20-7-13-9-21(10-14(13)8-20)17(22)16-6-18-4-5-19-16/h2-6,13-14H,7-11H2,1H3/t13-,14+. The van der Waals surface area contributed by atoms with Crippen LogP contribution in [0.25, 0.3) is 0 Å². The monoisotopic (exact) mass is 328 g/mol. The molecule has 0 aromatic carbocycles. The normalized spacial score (nSPS) is 24.1. The van der Waals surface area contributed by atoms with E-state index in [2.05, 4.69) is 33.9 Å².